The van der Waals surface area contributed by atoms with Crippen LogP contribution in [0.1, 0.15) is 24.8 Å². The van der Waals surface area contributed by atoms with E-state index in [4.69, 9.17) is 4.74 Å². The number of imide groups is 1. The fourth-order valence-corrected chi connectivity index (χ4v) is 4.90. The molecule has 3 aliphatic rings. The van der Waals surface area contributed by atoms with Gasteiger partial charge in [0.25, 0.3) is 0 Å². The SMILES string of the molecule is Cc1cc(OC(=O)[C@H]2CC(=O)N(c3ccccc3)C2)ccc1N1C(=O)[C@H]2CC=CC[C@H]2C1=O. The number of fused-ring (bicyclic) bond motifs is 1. The number of rotatable bonds is 4. The minimum Gasteiger partial charge on any atom is -0.426 e. The maximum absolute atomic E-state index is 12.9. The van der Waals surface area contributed by atoms with Gasteiger partial charge in [0.15, 0.2) is 0 Å². The minimum absolute atomic E-state index is 0.0956. The van der Waals surface area contributed by atoms with Gasteiger partial charge in [0.2, 0.25) is 17.7 Å². The number of amides is 3. The smallest absolute Gasteiger partial charge is 0.316 e. The Labute approximate surface area is 191 Å². The second-order valence-corrected chi connectivity index (χ2v) is 8.78. The summed E-state index contributed by atoms with van der Waals surface area (Å²) in [6, 6.07) is 14.1. The molecule has 0 spiro atoms. The van der Waals surface area contributed by atoms with Crippen molar-refractivity contribution in [2.24, 2.45) is 17.8 Å². The topological polar surface area (TPSA) is 84.0 Å². The molecule has 0 saturated carbocycles. The van der Waals surface area contributed by atoms with Crippen molar-refractivity contribution in [3.8, 4) is 5.75 Å². The molecule has 7 heteroatoms. The van der Waals surface area contributed by atoms with Crippen molar-refractivity contribution < 1.29 is 23.9 Å². The van der Waals surface area contributed by atoms with Crippen LogP contribution in [0, 0.1) is 24.7 Å². The van der Waals surface area contributed by atoms with E-state index in [1.165, 1.54) is 4.90 Å². The summed E-state index contributed by atoms with van der Waals surface area (Å²) in [5.41, 5.74) is 1.95. The van der Waals surface area contributed by atoms with Crippen molar-refractivity contribution in [1.29, 1.82) is 0 Å². The number of ether oxygens (including phenoxy) is 1. The summed E-state index contributed by atoms with van der Waals surface area (Å²) in [6.45, 7) is 2.05. The van der Waals surface area contributed by atoms with Gasteiger partial charge in [-0.1, -0.05) is 30.4 Å². The Morgan fingerprint density at radius 2 is 1.61 bits per heavy atom. The van der Waals surface area contributed by atoms with Crippen molar-refractivity contribution in [2.45, 2.75) is 26.2 Å². The number of allylic oxidation sites excluding steroid dienone is 2. The number of nitrogens with zero attached hydrogens (tertiary/aromatic N) is 2. The van der Waals surface area contributed by atoms with E-state index in [2.05, 4.69) is 0 Å². The number of hydrogen-bond donors (Lipinski definition) is 0. The molecule has 168 valence electrons. The number of hydrogen-bond acceptors (Lipinski definition) is 5. The molecule has 0 aromatic heterocycles. The van der Waals surface area contributed by atoms with Crippen molar-refractivity contribution in [1.82, 2.24) is 0 Å². The quantitative estimate of drug-likeness (QED) is 0.312. The van der Waals surface area contributed by atoms with Gasteiger partial charge in [-0.3, -0.25) is 19.2 Å². The maximum atomic E-state index is 12.9. The van der Waals surface area contributed by atoms with Gasteiger partial charge < -0.3 is 9.64 Å². The highest BCUT2D eigenvalue weighted by Crippen LogP contribution is 2.39. The van der Waals surface area contributed by atoms with Crippen LogP contribution in [0.3, 0.4) is 0 Å². The molecule has 2 heterocycles. The zero-order valence-corrected chi connectivity index (χ0v) is 18.3. The van der Waals surface area contributed by atoms with Crippen LogP contribution >= 0.6 is 0 Å². The fourth-order valence-electron chi connectivity index (χ4n) is 4.90. The Hall–Kier alpha value is -3.74. The van der Waals surface area contributed by atoms with E-state index >= 15 is 0 Å². The Morgan fingerprint density at radius 1 is 0.939 bits per heavy atom. The van der Waals surface area contributed by atoms with Crippen LogP contribution in [0.5, 0.6) is 5.75 Å². The number of carbonyl (C=O) groups is 4. The lowest BCUT2D eigenvalue weighted by Crippen LogP contribution is -2.31. The first-order chi connectivity index (χ1) is 15.9. The predicted octanol–water partition coefficient (Wildman–Crippen LogP) is 3.41. The summed E-state index contributed by atoms with van der Waals surface area (Å²) < 4.78 is 5.56. The average Bonchev–Trinajstić information content (AvgIpc) is 3.33. The van der Waals surface area contributed by atoms with E-state index in [9.17, 15) is 19.2 Å². The Morgan fingerprint density at radius 3 is 2.24 bits per heavy atom. The molecule has 5 rings (SSSR count). The normalized spacial score (nSPS) is 24.4. The van der Waals surface area contributed by atoms with E-state index in [1.807, 2.05) is 42.5 Å². The van der Waals surface area contributed by atoms with E-state index in [1.54, 1.807) is 30.0 Å². The summed E-state index contributed by atoms with van der Waals surface area (Å²) in [4.78, 5) is 53.7. The molecule has 3 atom stereocenters. The summed E-state index contributed by atoms with van der Waals surface area (Å²) in [5, 5.41) is 0. The standard InChI is InChI=1S/C26H24N2O5/c1-16-13-19(11-12-22(16)28-24(30)20-9-5-6-10-21(20)25(28)31)33-26(32)17-14-23(29)27(15-17)18-7-3-2-4-8-18/h2-8,11-13,17,20-21H,9-10,14-15H2,1H3/t17-,20-,21+/m0/s1. The van der Waals surface area contributed by atoms with Crippen LogP contribution in [0.25, 0.3) is 0 Å². The summed E-state index contributed by atoms with van der Waals surface area (Å²) in [5.74, 6) is -1.77. The number of para-hydroxylation sites is 1. The maximum Gasteiger partial charge on any atom is 0.316 e. The number of carbonyl (C=O) groups excluding carboxylic acids is 4. The lowest BCUT2D eigenvalue weighted by Gasteiger charge is -2.19. The van der Waals surface area contributed by atoms with E-state index in [0.717, 1.165) is 5.69 Å². The number of anilines is 2. The molecule has 2 aromatic carbocycles. The summed E-state index contributed by atoms with van der Waals surface area (Å²) >= 11 is 0. The molecule has 0 radical (unpaired) electrons. The van der Waals surface area contributed by atoms with Gasteiger partial charge in [0, 0.05) is 18.7 Å². The third kappa shape index (κ3) is 3.73. The lowest BCUT2D eigenvalue weighted by atomic mass is 9.85. The Balaban J connectivity index is 1.29. The van der Waals surface area contributed by atoms with Crippen molar-refractivity contribution >= 4 is 35.1 Å². The molecule has 1 aliphatic carbocycles. The van der Waals surface area contributed by atoms with Gasteiger partial charge >= 0.3 is 5.97 Å². The third-order valence-electron chi connectivity index (χ3n) is 6.66. The van der Waals surface area contributed by atoms with Gasteiger partial charge in [-0.05, 0) is 55.7 Å². The van der Waals surface area contributed by atoms with Crippen molar-refractivity contribution in [2.75, 3.05) is 16.3 Å². The van der Waals surface area contributed by atoms with Crippen molar-refractivity contribution in [3.05, 3.63) is 66.2 Å². The number of benzene rings is 2. The highest BCUT2D eigenvalue weighted by molar-refractivity contribution is 6.22. The van der Waals surface area contributed by atoms with E-state index < -0.39 is 11.9 Å². The molecule has 2 aromatic rings. The predicted molar refractivity (Wildman–Crippen MR) is 122 cm³/mol. The molecule has 2 aliphatic heterocycles. The largest absolute Gasteiger partial charge is 0.426 e. The molecule has 33 heavy (non-hydrogen) atoms. The Bertz CT molecular complexity index is 1150. The molecule has 0 bridgehead atoms. The lowest BCUT2D eigenvalue weighted by molar-refractivity contribution is -0.139. The van der Waals surface area contributed by atoms with Crippen LogP contribution in [-0.2, 0) is 19.2 Å². The van der Waals surface area contributed by atoms with Gasteiger partial charge in [-0.25, -0.2) is 4.90 Å². The van der Waals surface area contributed by atoms with Gasteiger partial charge in [-0.15, -0.1) is 0 Å². The van der Waals surface area contributed by atoms with Crippen LogP contribution in [0.15, 0.2) is 60.7 Å². The van der Waals surface area contributed by atoms with Crippen LogP contribution in [-0.4, -0.2) is 30.2 Å². The molecular formula is C26H24N2O5. The molecule has 0 unspecified atom stereocenters. The van der Waals surface area contributed by atoms with Crippen LogP contribution in [0.4, 0.5) is 11.4 Å². The van der Waals surface area contributed by atoms with E-state index in [-0.39, 0.29) is 42.5 Å². The highest BCUT2D eigenvalue weighted by atomic mass is 16.5. The zero-order chi connectivity index (χ0) is 23.1. The van der Waals surface area contributed by atoms with E-state index in [0.29, 0.717) is 29.8 Å². The first-order valence-corrected chi connectivity index (χ1v) is 11.1. The second kappa shape index (κ2) is 8.31. The molecule has 2 fully saturated rings. The average molecular weight is 444 g/mol. The highest BCUT2D eigenvalue weighted by Gasteiger charge is 2.48. The van der Waals surface area contributed by atoms with Crippen LogP contribution < -0.4 is 14.5 Å². The number of esters is 1. The van der Waals surface area contributed by atoms with Crippen LogP contribution in [0.2, 0.25) is 0 Å². The first-order valence-electron chi connectivity index (χ1n) is 11.1. The molecule has 7 nitrogen and oxygen atoms in total. The van der Waals surface area contributed by atoms with Gasteiger partial charge in [0.1, 0.15) is 5.75 Å². The number of aryl methyl sites for hydroxylation is 1. The van der Waals surface area contributed by atoms with Gasteiger partial charge in [0.05, 0.1) is 23.4 Å². The molecule has 2 saturated heterocycles. The monoisotopic (exact) mass is 444 g/mol. The summed E-state index contributed by atoms with van der Waals surface area (Å²) in [6.07, 6.45) is 5.18. The van der Waals surface area contributed by atoms with Gasteiger partial charge in [-0.2, -0.15) is 0 Å². The third-order valence-corrected chi connectivity index (χ3v) is 6.66. The minimum atomic E-state index is -0.560. The Kier molecular flexibility index (Phi) is 5.32. The second-order valence-electron chi connectivity index (χ2n) is 8.78. The fraction of sp³-hybridized carbons (Fsp3) is 0.308. The molecule has 0 N–H and O–H groups in total. The summed E-state index contributed by atoms with van der Waals surface area (Å²) in [7, 11) is 0. The molecule has 3 amide bonds. The zero-order valence-electron chi connectivity index (χ0n) is 18.3. The molecular weight excluding hydrogens is 420 g/mol. The first kappa shape index (κ1) is 21.1. The van der Waals surface area contributed by atoms with Crippen molar-refractivity contribution in [3.63, 3.8) is 0 Å².